The molecule has 1 aromatic carbocycles. The van der Waals surface area contributed by atoms with Crippen LogP contribution in [0, 0.1) is 18.3 Å². The number of nitriles is 1. The van der Waals surface area contributed by atoms with E-state index in [0.29, 0.717) is 24.3 Å². The molecule has 2 rings (SSSR count). The Morgan fingerprint density at radius 2 is 2.08 bits per heavy atom. The van der Waals surface area contributed by atoms with Crippen LogP contribution in [0.1, 0.15) is 60.3 Å². The summed E-state index contributed by atoms with van der Waals surface area (Å²) in [7, 11) is 0. The molecule has 0 aliphatic rings. The minimum Gasteiger partial charge on any atom is -0.494 e. The lowest BCUT2D eigenvalue weighted by atomic mass is 9.96. The van der Waals surface area contributed by atoms with Gasteiger partial charge in [-0.3, -0.25) is 14.2 Å². The van der Waals surface area contributed by atoms with E-state index in [-0.39, 0.29) is 22.7 Å². The minimum absolute atomic E-state index is 0.0323. The lowest BCUT2D eigenvalue weighted by Gasteiger charge is -2.19. The largest absolute Gasteiger partial charge is 0.494 e. The third-order valence-corrected chi connectivity index (χ3v) is 4.41. The van der Waals surface area contributed by atoms with Crippen molar-refractivity contribution in [1.29, 1.82) is 5.26 Å². The smallest absolute Gasteiger partial charge is 0.271 e. The number of aromatic hydroxyl groups is 1. The molecule has 0 radical (unpaired) electrons. The molecule has 6 heteroatoms. The summed E-state index contributed by atoms with van der Waals surface area (Å²) >= 11 is 0. The Balaban J connectivity index is 2.73. The van der Waals surface area contributed by atoms with Crippen molar-refractivity contribution >= 4 is 5.78 Å². The number of rotatable bonds is 6. The van der Waals surface area contributed by atoms with Gasteiger partial charge in [0.2, 0.25) is 5.88 Å². The fourth-order valence-corrected chi connectivity index (χ4v) is 2.82. The molecule has 1 N–H and O–H groups in total. The zero-order chi connectivity index (χ0) is 19.4. The van der Waals surface area contributed by atoms with Gasteiger partial charge in [0.05, 0.1) is 12.2 Å². The first kappa shape index (κ1) is 19.3. The predicted octanol–water partition coefficient (Wildman–Crippen LogP) is 3.33. The van der Waals surface area contributed by atoms with E-state index in [1.165, 1.54) is 6.92 Å². The van der Waals surface area contributed by atoms with E-state index >= 15 is 0 Å². The monoisotopic (exact) mass is 354 g/mol. The van der Waals surface area contributed by atoms with Gasteiger partial charge in [0.25, 0.3) is 5.56 Å². The third kappa shape index (κ3) is 3.33. The number of pyridine rings is 1. The molecule has 136 valence electrons. The van der Waals surface area contributed by atoms with Crippen molar-refractivity contribution in [3.8, 4) is 17.7 Å². The first-order valence-corrected chi connectivity index (χ1v) is 8.52. The summed E-state index contributed by atoms with van der Waals surface area (Å²) in [5, 5.41) is 20.1. The van der Waals surface area contributed by atoms with Gasteiger partial charge >= 0.3 is 0 Å². The summed E-state index contributed by atoms with van der Waals surface area (Å²) in [5.74, 6) is -0.339. The van der Waals surface area contributed by atoms with Crippen LogP contribution in [0.15, 0.2) is 29.1 Å². The molecule has 0 aliphatic carbocycles. The number of benzene rings is 1. The molecule has 0 bridgehead atoms. The van der Waals surface area contributed by atoms with Gasteiger partial charge in [0.1, 0.15) is 17.4 Å². The van der Waals surface area contributed by atoms with Crippen LogP contribution in [0.3, 0.4) is 0 Å². The van der Waals surface area contributed by atoms with E-state index in [9.17, 15) is 20.0 Å². The molecule has 0 saturated carbocycles. The van der Waals surface area contributed by atoms with E-state index in [0.717, 1.165) is 4.57 Å². The molecule has 1 atom stereocenters. The number of carbonyl (C=O) groups is 1. The molecule has 0 spiro atoms. The average molecular weight is 354 g/mol. The van der Waals surface area contributed by atoms with Crippen LogP contribution in [-0.2, 0) is 0 Å². The van der Waals surface area contributed by atoms with Crippen LogP contribution in [0.25, 0.3) is 0 Å². The van der Waals surface area contributed by atoms with E-state index in [1.807, 2.05) is 19.9 Å². The van der Waals surface area contributed by atoms with Crippen LogP contribution >= 0.6 is 0 Å². The van der Waals surface area contributed by atoms with Gasteiger partial charge < -0.3 is 9.84 Å². The SMILES string of the molecule is CCOc1cccc(C(=O)c2c(C)c(C#N)c(=O)n(C(C)CC)c2O)c1. The van der Waals surface area contributed by atoms with Crippen molar-refractivity contribution < 1.29 is 14.6 Å². The summed E-state index contributed by atoms with van der Waals surface area (Å²) in [6.07, 6.45) is 0.564. The molecule has 2 aromatic rings. The van der Waals surface area contributed by atoms with Crippen molar-refractivity contribution in [3.05, 3.63) is 56.9 Å². The standard InChI is InChI=1S/C20H22N2O4/c1-5-12(3)22-19(24)16(11-21)13(4)17(20(22)25)18(23)14-8-7-9-15(10-14)26-6-2/h7-10,12,25H,5-6H2,1-4H3. The maximum atomic E-state index is 13.0. The van der Waals surface area contributed by atoms with Gasteiger partial charge in [-0.2, -0.15) is 5.26 Å². The fraction of sp³-hybridized carbons (Fsp3) is 0.350. The highest BCUT2D eigenvalue weighted by molar-refractivity contribution is 6.11. The molecule has 1 heterocycles. The number of hydrogen-bond donors (Lipinski definition) is 1. The van der Waals surface area contributed by atoms with Gasteiger partial charge in [0, 0.05) is 11.6 Å². The second-order valence-electron chi connectivity index (χ2n) is 6.03. The van der Waals surface area contributed by atoms with Crippen molar-refractivity contribution in [2.75, 3.05) is 6.61 Å². The van der Waals surface area contributed by atoms with Crippen LogP contribution in [0.4, 0.5) is 0 Å². The van der Waals surface area contributed by atoms with Crippen LogP contribution in [-0.4, -0.2) is 22.1 Å². The van der Waals surface area contributed by atoms with Crippen LogP contribution < -0.4 is 10.3 Å². The molecule has 0 fully saturated rings. The Morgan fingerprint density at radius 3 is 2.65 bits per heavy atom. The number of carbonyl (C=O) groups excluding carboxylic acids is 1. The topological polar surface area (TPSA) is 92.3 Å². The van der Waals surface area contributed by atoms with Gasteiger partial charge in [-0.15, -0.1) is 0 Å². The molecule has 1 aromatic heterocycles. The van der Waals surface area contributed by atoms with Crippen LogP contribution in [0.5, 0.6) is 11.6 Å². The Hall–Kier alpha value is -3.07. The number of nitrogens with zero attached hydrogens (tertiary/aromatic N) is 2. The minimum atomic E-state index is -0.587. The molecular weight excluding hydrogens is 332 g/mol. The predicted molar refractivity (Wildman–Crippen MR) is 97.9 cm³/mol. The number of ketones is 1. The van der Waals surface area contributed by atoms with Gasteiger partial charge in [-0.1, -0.05) is 19.1 Å². The quantitative estimate of drug-likeness (QED) is 0.803. The highest BCUT2D eigenvalue weighted by Crippen LogP contribution is 2.28. The first-order valence-electron chi connectivity index (χ1n) is 8.52. The zero-order valence-corrected chi connectivity index (χ0v) is 15.4. The normalized spacial score (nSPS) is 11.7. The zero-order valence-electron chi connectivity index (χ0n) is 15.4. The third-order valence-electron chi connectivity index (χ3n) is 4.41. The lowest BCUT2D eigenvalue weighted by molar-refractivity contribution is 0.103. The summed E-state index contributed by atoms with van der Waals surface area (Å²) in [6, 6.07) is 8.11. The van der Waals surface area contributed by atoms with Gasteiger partial charge in [0.15, 0.2) is 5.78 Å². The molecule has 1 unspecified atom stereocenters. The molecular formula is C20H22N2O4. The molecule has 26 heavy (non-hydrogen) atoms. The Labute approximate surface area is 152 Å². The van der Waals surface area contributed by atoms with Crippen molar-refractivity contribution in [1.82, 2.24) is 4.57 Å². The Bertz CT molecular complexity index is 938. The Kier molecular flexibility index (Phi) is 5.83. The molecule has 0 aliphatic heterocycles. The second-order valence-corrected chi connectivity index (χ2v) is 6.03. The van der Waals surface area contributed by atoms with E-state index < -0.39 is 17.2 Å². The maximum absolute atomic E-state index is 13.0. The molecule has 0 amide bonds. The van der Waals surface area contributed by atoms with Crippen molar-refractivity contribution in [2.45, 2.75) is 40.2 Å². The van der Waals surface area contributed by atoms with E-state index in [1.54, 1.807) is 31.2 Å². The lowest BCUT2D eigenvalue weighted by Crippen LogP contribution is -2.28. The Morgan fingerprint density at radius 1 is 1.38 bits per heavy atom. The van der Waals surface area contributed by atoms with Gasteiger partial charge in [-0.05, 0) is 44.9 Å². The van der Waals surface area contributed by atoms with Crippen LogP contribution in [0.2, 0.25) is 0 Å². The van der Waals surface area contributed by atoms with E-state index in [2.05, 4.69) is 0 Å². The van der Waals surface area contributed by atoms with E-state index in [4.69, 9.17) is 4.74 Å². The van der Waals surface area contributed by atoms with Crippen molar-refractivity contribution in [2.24, 2.45) is 0 Å². The summed E-state index contributed by atoms with van der Waals surface area (Å²) in [4.78, 5) is 25.6. The molecule has 0 saturated heterocycles. The average Bonchev–Trinajstić information content (AvgIpc) is 2.62. The highest BCUT2D eigenvalue weighted by Gasteiger charge is 2.26. The van der Waals surface area contributed by atoms with Gasteiger partial charge in [-0.25, -0.2) is 0 Å². The summed E-state index contributed by atoms with van der Waals surface area (Å²) in [6.45, 7) is 7.41. The first-order chi connectivity index (χ1) is 12.4. The fourth-order valence-electron chi connectivity index (χ4n) is 2.82. The number of hydrogen-bond acceptors (Lipinski definition) is 5. The summed E-state index contributed by atoms with van der Waals surface area (Å²) in [5.41, 5.74) is -0.257. The number of aromatic nitrogens is 1. The number of ether oxygens (including phenoxy) is 1. The van der Waals surface area contributed by atoms with Crippen molar-refractivity contribution in [3.63, 3.8) is 0 Å². The second kappa shape index (κ2) is 7.87. The molecule has 6 nitrogen and oxygen atoms in total. The summed E-state index contributed by atoms with van der Waals surface area (Å²) < 4.78 is 6.53. The maximum Gasteiger partial charge on any atom is 0.271 e. The highest BCUT2D eigenvalue weighted by atomic mass is 16.5.